The molecular weight excluding hydrogens is 236 g/mol. The van der Waals surface area contributed by atoms with Crippen LogP contribution >= 0.6 is 0 Å². The molecule has 1 aliphatic rings. The summed E-state index contributed by atoms with van der Waals surface area (Å²) in [5.74, 6) is -1.53. The van der Waals surface area contributed by atoms with Crippen molar-refractivity contribution in [1.29, 1.82) is 0 Å². The fraction of sp³-hybridized carbons (Fsp3) is 0.250. The summed E-state index contributed by atoms with van der Waals surface area (Å²) in [5.41, 5.74) is 0.504. The number of carbonyl (C=O) groups excluding carboxylic acids is 2. The summed E-state index contributed by atoms with van der Waals surface area (Å²) < 4.78 is 0. The summed E-state index contributed by atoms with van der Waals surface area (Å²) in [5, 5.41) is 13.9. The lowest BCUT2D eigenvalue weighted by Gasteiger charge is -2.11. The average Bonchev–Trinajstić information content (AvgIpc) is 2.76. The molecule has 1 aromatic rings. The van der Waals surface area contributed by atoms with Crippen LogP contribution in [-0.2, 0) is 9.59 Å². The first-order valence-electron chi connectivity index (χ1n) is 5.50. The Kier molecular flexibility index (Phi) is 3.27. The molecule has 1 aromatic carbocycles. The Labute approximate surface area is 103 Å². The topological polar surface area (TPSA) is 95.5 Å². The summed E-state index contributed by atoms with van der Waals surface area (Å²) in [4.78, 5) is 33.5. The lowest BCUT2D eigenvalue weighted by Crippen LogP contribution is -2.37. The Balaban J connectivity index is 2.05. The van der Waals surface area contributed by atoms with Crippen LogP contribution in [0.5, 0.6) is 0 Å². The van der Waals surface area contributed by atoms with Gasteiger partial charge in [0.2, 0.25) is 11.8 Å². The van der Waals surface area contributed by atoms with Gasteiger partial charge in [-0.3, -0.25) is 9.59 Å². The normalized spacial score (nSPS) is 18.2. The number of carbonyl (C=O) groups is 3. The Hall–Kier alpha value is -2.37. The highest BCUT2D eigenvalue weighted by Gasteiger charge is 2.27. The molecule has 1 aliphatic heterocycles. The third kappa shape index (κ3) is 2.65. The summed E-state index contributed by atoms with van der Waals surface area (Å²) in [6.45, 7) is 0. The van der Waals surface area contributed by atoms with E-state index in [0.29, 0.717) is 18.5 Å². The third-order valence-corrected chi connectivity index (χ3v) is 2.69. The number of carboxylic acids is 1. The van der Waals surface area contributed by atoms with E-state index >= 15 is 0 Å². The van der Waals surface area contributed by atoms with Crippen LogP contribution in [0.2, 0.25) is 0 Å². The molecule has 1 atom stereocenters. The van der Waals surface area contributed by atoms with Gasteiger partial charge in [0.1, 0.15) is 6.04 Å². The van der Waals surface area contributed by atoms with Crippen molar-refractivity contribution in [2.75, 3.05) is 5.32 Å². The number of hydrogen-bond acceptors (Lipinski definition) is 3. The number of nitrogens with one attached hydrogen (secondary N) is 2. The maximum atomic E-state index is 11.8. The number of anilines is 1. The zero-order valence-electron chi connectivity index (χ0n) is 9.47. The second-order valence-corrected chi connectivity index (χ2v) is 4.03. The predicted octanol–water partition coefficient (Wildman–Crippen LogP) is 0.602. The van der Waals surface area contributed by atoms with Crippen molar-refractivity contribution in [2.24, 2.45) is 0 Å². The molecule has 1 heterocycles. The predicted molar refractivity (Wildman–Crippen MR) is 63.2 cm³/mol. The maximum absolute atomic E-state index is 11.8. The van der Waals surface area contributed by atoms with Crippen LogP contribution in [0.25, 0.3) is 0 Å². The number of benzene rings is 1. The van der Waals surface area contributed by atoms with Gasteiger partial charge >= 0.3 is 5.97 Å². The fourth-order valence-electron chi connectivity index (χ4n) is 1.77. The highest BCUT2D eigenvalue weighted by atomic mass is 16.4. The van der Waals surface area contributed by atoms with Crippen LogP contribution < -0.4 is 10.6 Å². The van der Waals surface area contributed by atoms with Gasteiger partial charge in [0, 0.05) is 12.1 Å². The van der Waals surface area contributed by atoms with Crippen molar-refractivity contribution in [3.8, 4) is 0 Å². The van der Waals surface area contributed by atoms with Crippen LogP contribution in [0.4, 0.5) is 5.69 Å². The minimum Gasteiger partial charge on any atom is -0.478 e. The Bertz CT molecular complexity index is 513. The van der Waals surface area contributed by atoms with E-state index in [0.717, 1.165) is 0 Å². The minimum absolute atomic E-state index is 0.100. The first-order valence-corrected chi connectivity index (χ1v) is 5.50. The Morgan fingerprint density at radius 2 is 2.17 bits per heavy atom. The van der Waals surface area contributed by atoms with Crippen molar-refractivity contribution in [1.82, 2.24) is 5.32 Å². The number of aromatic carboxylic acids is 1. The molecule has 0 aromatic heterocycles. The van der Waals surface area contributed by atoms with Gasteiger partial charge in [0.15, 0.2) is 0 Å². The molecule has 0 radical (unpaired) electrons. The largest absolute Gasteiger partial charge is 0.478 e. The highest BCUT2D eigenvalue weighted by Crippen LogP contribution is 2.13. The van der Waals surface area contributed by atoms with Crippen molar-refractivity contribution in [2.45, 2.75) is 18.9 Å². The second-order valence-electron chi connectivity index (χ2n) is 4.03. The molecular formula is C12H12N2O4. The van der Waals surface area contributed by atoms with Gasteiger partial charge in [-0.25, -0.2) is 4.79 Å². The molecule has 0 spiro atoms. The van der Waals surface area contributed by atoms with Crippen LogP contribution in [0.15, 0.2) is 24.3 Å². The van der Waals surface area contributed by atoms with Gasteiger partial charge in [0.25, 0.3) is 0 Å². The molecule has 2 rings (SSSR count). The highest BCUT2D eigenvalue weighted by molar-refractivity contribution is 5.99. The Morgan fingerprint density at radius 3 is 2.78 bits per heavy atom. The van der Waals surface area contributed by atoms with E-state index in [9.17, 15) is 14.4 Å². The molecule has 1 fully saturated rings. The summed E-state index contributed by atoms with van der Waals surface area (Å²) >= 11 is 0. The molecule has 0 saturated carbocycles. The molecule has 0 bridgehead atoms. The lowest BCUT2D eigenvalue weighted by atomic mass is 10.2. The summed E-state index contributed by atoms with van der Waals surface area (Å²) in [6.07, 6.45) is 0.802. The van der Waals surface area contributed by atoms with E-state index in [4.69, 9.17) is 5.11 Å². The second kappa shape index (κ2) is 4.87. The van der Waals surface area contributed by atoms with Crippen molar-refractivity contribution < 1.29 is 19.5 Å². The zero-order valence-corrected chi connectivity index (χ0v) is 9.47. The molecule has 18 heavy (non-hydrogen) atoms. The van der Waals surface area contributed by atoms with E-state index in [1.54, 1.807) is 12.1 Å². The standard InChI is InChI=1S/C12H12N2O4/c15-10-5-4-9(14-10)11(16)13-8-3-1-2-7(6-8)12(17)18/h1-3,6,9H,4-5H2,(H,13,16)(H,14,15)(H,17,18). The van der Waals surface area contributed by atoms with Gasteiger partial charge < -0.3 is 15.7 Å². The van der Waals surface area contributed by atoms with Crippen molar-refractivity contribution in [3.05, 3.63) is 29.8 Å². The van der Waals surface area contributed by atoms with Crippen molar-refractivity contribution >= 4 is 23.5 Å². The molecule has 6 heteroatoms. The van der Waals surface area contributed by atoms with Gasteiger partial charge in [-0.2, -0.15) is 0 Å². The monoisotopic (exact) mass is 248 g/mol. The van der Waals surface area contributed by atoms with Gasteiger partial charge in [-0.1, -0.05) is 6.07 Å². The number of rotatable bonds is 3. The zero-order chi connectivity index (χ0) is 13.1. The number of carboxylic acid groups (broad SMARTS) is 1. The molecule has 1 unspecified atom stereocenters. The molecule has 2 amide bonds. The first-order chi connectivity index (χ1) is 8.56. The molecule has 0 aliphatic carbocycles. The quantitative estimate of drug-likeness (QED) is 0.730. The molecule has 94 valence electrons. The number of amides is 2. The minimum atomic E-state index is -1.06. The van der Waals surface area contributed by atoms with E-state index in [1.165, 1.54) is 12.1 Å². The van der Waals surface area contributed by atoms with Gasteiger partial charge in [-0.05, 0) is 24.6 Å². The van der Waals surface area contributed by atoms with E-state index in [-0.39, 0.29) is 17.4 Å². The first kappa shape index (κ1) is 12.1. The smallest absolute Gasteiger partial charge is 0.335 e. The van der Waals surface area contributed by atoms with Crippen LogP contribution in [-0.4, -0.2) is 28.9 Å². The number of hydrogen-bond donors (Lipinski definition) is 3. The van der Waals surface area contributed by atoms with Crippen molar-refractivity contribution in [3.63, 3.8) is 0 Å². The van der Waals surface area contributed by atoms with Crippen LogP contribution in [0.3, 0.4) is 0 Å². The molecule has 3 N–H and O–H groups in total. The van der Waals surface area contributed by atoms with Crippen LogP contribution in [0.1, 0.15) is 23.2 Å². The van der Waals surface area contributed by atoms with E-state index < -0.39 is 12.0 Å². The summed E-state index contributed by atoms with van der Waals surface area (Å²) in [6, 6.07) is 5.42. The lowest BCUT2D eigenvalue weighted by molar-refractivity contribution is -0.122. The SMILES string of the molecule is O=C1CCC(C(=O)Nc2cccc(C(=O)O)c2)N1. The Morgan fingerprint density at radius 1 is 1.39 bits per heavy atom. The summed E-state index contributed by atoms with van der Waals surface area (Å²) in [7, 11) is 0. The fourth-order valence-corrected chi connectivity index (χ4v) is 1.77. The third-order valence-electron chi connectivity index (χ3n) is 2.69. The maximum Gasteiger partial charge on any atom is 0.335 e. The van der Waals surface area contributed by atoms with Gasteiger partial charge in [0.05, 0.1) is 5.56 Å². The average molecular weight is 248 g/mol. The van der Waals surface area contributed by atoms with Crippen LogP contribution in [0, 0.1) is 0 Å². The molecule has 6 nitrogen and oxygen atoms in total. The van der Waals surface area contributed by atoms with E-state index in [1.807, 2.05) is 0 Å². The molecule has 1 saturated heterocycles. The van der Waals surface area contributed by atoms with E-state index in [2.05, 4.69) is 10.6 Å². The van der Waals surface area contributed by atoms with Gasteiger partial charge in [-0.15, -0.1) is 0 Å².